The summed E-state index contributed by atoms with van der Waals surface area (Å²) in [7, 11) is -9.93. The number of carbonyl (C=O) groups excluding carboxylic acids is 4. The molecule has 0 aliphatic rings. The molecule has 0 aliphatic carbocycles. The summed E-state index contributed by atoms with van der Waals surface area (Å²) in [6, 6.07) is 0. The van der Waals surface area contributed by atoms with E-state index in [0.717, 1.165) is 115 Å². The van der Waals surface area contributed by atoms with Crippen molar-refractivity contribution in [2.75, 3.05) is 39.6 Å². The number of unbranched alkanes of at least 4 members (excludes halogenated alkanes) is 49. The number of carbonyl (C=O) groups is 4. The molecule has 0 saturated heterocycles. The number of aliphatic hydroxyl groups excluding tert-OH is 1. The van der Waals surface area contributed by atoms with Crippen LogP contribution in [0, 0.1) is 5.92 Å². The smallest absolute Gasteiger partial charge is 0.462 e. The molecular weight excluding hydrogens is 1320 g/mol. The van der Waals surface area contributed by atoms with Crippen LogP contribution < -0.4 is 0 Å². The van der Waals surface area contributed by atoms with E-state index in [1.54, 1.807) is 0 Å². The van der Waals surface area contributed by atoms with Crippen molar-refractivity contribution in [1.82, 2.24) is 0 Å². The molecule has 596 valence electrons. The van der Waals surface area contributed by atoms with Crippen LogP contribution in [0.1, 0.15) is 413 Å². The van der Waals surface area contributed by atoms with Crippen molar-refractivity contribution in [3.63, 3.8) is 0 Å². The lowest BCUT2D eigenvalue weighted by Gasteiger charge is -2.21. The van der Waals surface area contributed by atoms with Crippen LogP contribution in [0.5, 0.6) is 0 Å². The van der Waals surface area contributed by atoms with Crippen molar-refractivity contribution in [1.29, 1.82) is 0 Å². The van der Waals surface area contributed by atoms with Gasteiger partial charge in [-0.2, -0.15) is 0 Å². The van der Waals surface area contributed by atoms with Gasteiger partial charge in [0.15, 0.2) is 12.2 Å². The van der Waals surface area contributed by atoms with Crippen LogP contribution in [0.4, 0.5) is 0 Å². The van der Waals surface area contributed by atoms with E-state index in [2.05, 4.69) is 58.9 Å². The van der Waals surface area contributed by atoms with Gasteiger partial charge < -0.3 is 33.8 Å². The van der Waals surface area contributed by atoms with Crippen molar-refractivity contribution in [3.05, 3.63) is 24.3 Å². The second-order valence-corrected chi connectivity index (χ2v) is 32.2. The van der Waals surface area contributed by atoms with E-state index in [-0.39, 0.29) is 25.7 Å². The molecule has 0 aliphatic heterocycles. The summed E-state index contributed by atoms with van der Waals surface area (Å²) in [6.45, 7) is 7.27. The molecule has 0 fully saturated rings. The van der Waals surface area contributed by atoms with Crippen molar-refractivity contribution in [2.24, 2.45) is 5.92 Å². The van der Waals surface area contributed by atoms with Crippen LogP contribution in [0.25, 0.3) is 0 Å². The Hall–Kier alpha value is -2.46. The highest BCUT2D eigenvalue weighted by molar-refractivity contribution is 7.47. The summed E-state index contributed by atoms with van der Waals surface area (Å²) in [4.78, 5) is 73.0. The van der Waals surface area contributed by atoms with E-state index in [9.17, 15) is 43.2 Å². The molecule has 0 amide bonds. The van der Waals surface area contributed by atoms with Gasteiger partial charge in [0.05, 0.1) is 26.4 Å². The minimum absolute atomic E-state index is 0.102. The second kappa shape index (κ2) is 74.4. The molecule has 17 nitrogen and oxygen atoms in total. The van der Waals surface area contributed by atoms with Crippen LogP contribution in [-0.2, 0) is 65.4 Å². The van der Waals surface area contributed by atoms with E-state index >= 15 is 0 Å². The van der Waals surface area contributed by atoms with E-state index in [1.807, 2.05) is 0 Å². The minimum atomic E-state index is -4.97. The van der Waals surface area contributed by atoms with Crippen LogP contribution >= 0.6 is 15.6 Å². The van der Waals surface area contributed by atoms with Gasteiger partial charge in [-0.3, -0.25) is 37.3 Å². The van der Waals surface area contributed by atoms with Gasteiger partial charge in [-0.25, -0.2) is 9.13 Å². The van der Waals surface area contributed by atoms with Gasteiger partial charge in [-0.1, -0.05) is 361 Å². The summed E-state index contributed by atoms with van der Waals surface area (Å²) in [5, 5.41) is 10.6. The van der Waals surface area contributed by atoms with Gasteiger partial charge in [0, 0.05) is 25.7 Å². The zero-order valence-corrected chi connectivity index (χ0v) is 67.3. The summed E-state index contributed by atoms with van der Waals surface area (Å²) in [5.74, 6) is -1.36. The number of phosphoric ester groups is 2. The monoisotopic (exact) mass is 1480 g/mol. The highest BCUT2D eigenvalue weighted by Gasteiger charge is 2.30. The normalized spacial score (nSPS) is 14.0. The van der Waals surface area contributed by atoms with Crippen molar-refractivity contribution in [2.45, 2.75) is 432 Å². The molecule has 2 unspecified atom stereocenters. The standard InChI is InChI=1S/C82H156O17P2/c1-6-9-12-15-18-21-24-26-28-29-30-31-32-34-36-42-47-52-57-62-67-81(86)98-78(72-93-80(85)66-61-56-51-46-41-35-33-27-25-22-19-16-13-10-7-2)74-97-101(90,91)95-70-76(83)69-94-100(88,89)96-73-77(71-92-79(84)65-60-55-50-45-39-23-20-17-14-11-8-3)99-82(87)68-63-58-53-48-43-38-37-40-44-49-54-59-64-75(4)5/h22,25,27,33,75-78,83H,6-21,23-24,26,28-32,34-74H2,1-5H3,(H,88,89)(H,90,91)/b25-22-,33-27-/t76-,77+,78+/m0/s1. The fraction of sp³-hybridized carbons (Fsp3) is 0.902. The van der Waals surface area contributed by atoms with Gasteiger partial charge in [0.1, 0.15) is 19.3 Å². The van der Waals surface area contributed by atoms with Gasteiger partial charge >= 0.3 is 39.5 Å². The number of hydrogen-bond acceptors (Lipinski definition) is 15. The zero-order valence-electron chi connectivity index (χ0n) is 65.5. The van der Waals surface area contributed by atoms with Crippen molar-refractivity contribution < 1.29 is 80.2 Å². The Morgan fingerprint density at radius 2 is 0.535 bits per heavy atom. The molecule has 0 aromatic carbocycles. The first-order valence-corrected chi connectivity index (χ1v) is 44.9. The molecule has 0 spiro atoms. The number of allylic oxidation sites excluding steroid dienone is 4. The second-order valence-electron chi connectivity index (χ2n) is 29.3. The lowest BCUT2D eigenvalue weighted by Crippen LogP contribution is -2.30. The lowest BCUT2D eigenvalue weighted by molar-refractivity contribution is -0.161. The van der Waals surface area contributed by atoms with Crippen molar-refractivity contribution >= 4 is 39.5 Å². The molecule has 3 N–H and O–H groups in total. The lowest BCUT2D eigenvalue weighted by atomic mass is 10.0. The minimum Gasteiger partial charge on any atom is -0.462 e. The van der Waals surface area contributed by atoms with Gasteiger partial charge in [-0.15, -0.1) is 0 Å². The maximum absolute atomic E-state index is 13.1. The third-order valence-corrected chi connectivity index (χ3v) is 20.6. The van der Waals surface area contributed by atoms with E-state index in [1.165, 1.54) is 218 Å². The van der Waals surface area contributed by atoms with Crippen LogP contribution in [0.3, 0.4) is 0 Å². The number of esters is 4. The Kier molecular flexibility index (Phi) is 72.6. The predicted octanol–water partition coefficient (Wildman–Crippen LogP) is 24.4. The van der Waals surface area contributed by atoms with Crippen molar-refractivity contribution in [3.8, 4) is 0 Å². The SMILES string of the molecule is CCCCCC/C=C\C=C/CCCCCCCC(=O)OC[C@H](COP(=O)(O)OC[C@@H](O)COP(=O)(O)OC[C@@H](COC(=O)CCCCCCCCCCCCC)OC(=O)CCCCCCCCCCCCCCC(C)C)OC(=O)CCCCCCCCCCCCCCCCCCCCCC. The largest absolute Gasteiger partial charge is 0.472 e. The topological polar surface area (TPSA) is 237 Å². The third-order valence-electron chi connectivity index (χ3n) is 18.7. The Balaban J connectivity index is 5.27. The third kappa shape index (κ3) is 75.6. The maximum Gasteiger partial charge on any atom is 0.472 e. The van der Waals surface area contributed by atoms with Gasteiger partial charge in [0.2, 0.25) is 0 Å². The zero-order chi connectivity index (χ0) is 74.1. The van der Waals surface area contributed by atoms with E-state index in [0.29, 0.717) is 25.7 Å². The molecule has 0 aromatic rings. The van der Waals surface area contributed by atoms with Crippen LogP contribution in [0.15, 0.2) is 24.3 Å². The molecule has 5 atom stereocenters. The first-order chi connectivity index (χ1) is 49.0. The molecule has 0 heterocycles. The first kappa shape index (κ1) is 98.5. The molecule has 0 rings (SSSR count). The molecule has 0 bridgehead atoms. The predicted molar refractivity (Wildman–Crippen MR) is 414 cm³/mol. The Morgan fingerprint density at radius 1 is 0.307 bits per heavy atom. The summed E-state index contributed by atoms with van der Waals surface area (Å²) in [5.41, 5.74) is 0. The van der Waals surface area contributed by atoms with Crippen LogP contribution in [0.2, 0.25) is 0 Å². The molecule has 0 saturated carbocycles. The molecule has 19 heteroatoms. The Bertz CT molecular complexity index is 2020. The molecular formula is C82H156O17P2. The van der Waals surface area contributed by atoms with Gasteiger partial charge in [0.25, 0.3) is 0 Å². The summed E-state index contributed by atoms with van der Waals surface area (Å²) < 4.78 is 68.7. The van der Waals surface area contributed by atoms with E-state index < -0.39 is 97.5 Å². The van der Waals surface area contributed by atoms with Gasteiger partial charge in [-0.05, 0) is 57.3 Å². The first-order valence-electron chi connectivity index (χ1n) is 42.0. The quantitative estimate of drug-likeness (QED) is 0.0169. The number of phosphoric acid groups is 2. The summed E-state index contributed by atoms with van der Waals surface area (Å²) >= 11 is 0. The average molecular weight is 1480 g/mol. The number of aliphatic hydroxyl groups is 1. The number of rotatable bonds is 80. The number of hydrogen-bond donors (Lipinski definition) is 3. The van der Waals surface area contributed by atoms with E-state index in [4.69, 9.17) is 37.0 Å². The highest BCUT2D eigenvalue weighted by Crippen LogP contribution is 2.45. The molecule has 101 heavy (non-hydrogen) atoms. The fourth-order valence-electron chi connectivity index (χ4n) is 12.2. The van der Waals surface area contributed by atoms with Crippen LogP contribution in [-0.4, -0.2) is 96.7 Å². The number of ether oxygens (including phenoxy) is 4. The molecule has 0 aromatic heterocycles. The fourth-order valence-corrected chi connectivity index (χ4v) is 13.8. The Morgan fingerprint density at radius 3 is 0.812 bits per heavy atom. The highest BCUT2D eigenvalue weighted by atomic mass is 31.2. The summed E-state index contributed by atoms with van der Waals surface area (Å²) in [6.07, 6.45) is 68.7. The molecule has 0 radical (unpaired) electrons. The maximum atomic E-state index is 13.1. The Labute approximate surface area is 618 Å². The average Bonchev–Trinajstić information content (AvgIpc) is 0.924.